The summed E-state index contributed by atoms with van der Waals surface area (Å²) in [6.45, 7) is 6.73. The summed E-state index contributed by atoms with van der Waals surface area (Å²) in [7, 11) is 0. The summed E-state index contributed by atoms with van der Waals surface area (Å²) in [5.74, 6) is 0.279. The second kappa shape index (κ2) is 10.2. The van der Waals surface area contributed by atoms with E-state index < -0.39 is 4.92 Å². The van der Waals surface area contributed by atoms with Gasteiger partial charge in [0.05, 0.1) is 28.5 Å². The Labute approximate surface area is 203 Å². The number of nitro groups is 1. The number of hydrogen-bond donors (Lipinski definition) is 1. The van der Waals surface area contributed by atoms with Crippen LogP contribution in [0.25, 0.3) is 0 Å². The molecule has 8 nitrogen and oxygen atoms in total. The molecule has 0 saturated heterocycles. The first-order chi connectivity index (χ1) is 16.8. The van der Waals surface area contributed by atoms with Crippen LogP contribution in [0.5, 0.6) is 5.75 Å². The van der Waals surface area contributed by atoms with Gasteiger partial charge in [-0.1, -0.05) is 42.0 Å². The van der Waals surface area contributed by atoms with Crippen LogP contribution in [-0.4, -0.2) is 20.6 Å². The van der Waals surface area contributed by atoms with Crippen LogP contribution in [0.3, 0.4) is 0 Å². The van der Waals surface area contributed by atoms with Crippen LogP contribution in [0.1, 0.15) is 38.4 Å². The third-order valence-corrected chi connectivity index (χ3v) is 5.68. The second-order valence-electron chi connectivity index (χ2n) is 8.39. The first-order valence-corrected chi connectivity index (χ1v) is 11.2. The fourth-order valence-corrected chi connectivity index (χ4v) is 3.83. The number of aromatic nitrogens is 2. The largest absolute Gasteiger partial charge is 0.489 e. The Kier molecular flexibility index (Phi) is 6.91. The van der Waals surface area contributed by atoms with Crippen molar-refractivity contribution in [3.63, 3.8) is 0 Å². The van der Waals surface area contributed by atoms with Gasteiger partial charge >= 0.3 is 0 Å². The number of anilines is 1. The third-order valence-electron chi connectivity index (χ3n) is 5.68. The molecule has 1 amide bonds. The molecule has 3 aromatic carbocycles. The predicted octanol–water partition coefficient (Wildman–Crippen LogP) is 5.60. The zero-order valence-electron chi connectivity index (χ0n) is 19.8. The molecule has 0 radical (unpaired) electrons. The lowest BCUT2D eigenvalue weighted by molar-refractivity contribution is -0.384. The zero-order chi connectivity index (χ0) is 24.9. The lowest BCUT2D eigenvalue weighted by Crippen LogP contribution is -2.14. The number of benzene rings is 3. The molecule has 35 heavy (non-hydrogen) atoms. The number of carbonyl (C=O) groups excluding carboxylic acids is 1. The van der Waals surface area contributed by atoms with Gasteiger partial charge in [-0.25, -0.2) is 0 Å². The fourth-order valence-electron chi connectivity index (χ4n) is 3.83. The molecule has 0 aliphatic rings. The molecule has 0 unspecified atom stereocenters. The van der Waals surface area contributed by atoms with Gasteiger partial charge in [-0.05, 0) is 56.2 Å². The van der Waals surface area contributed by atoms with E-state index in [1.807, 2.05) is 30.7 Å². The number of non-ortho nitro benzene ring substituents is 1. The molecule has 1 heterocycles. The Morgan fingerprint density at radius 3 is 2.43 bits per heavy atom. The molecule has 4 aromatic rings. The monoisotopic (exact) mass is 470 g/mol. The lowest BCUT2D eigenvalue weighted by atomic mass is 10.1. The Morgan fingerprint density at radius 2 is 1.71 bits per heavy atom. The molecule has 1 aromatic heterocycles. The average Bonchev–Trinajstić information content (AvgIpc) is 3.10. The smallest absolute Gasteiger partial charge is 0.269 e. The predicted molar refractivity (Wildman–Crippen MR) is 134 cm³/mol. The van der Waals surface area contributed by atoms with E-state index in [0.717, 1.165) is 22.5 Å². The maximum atomic E-state index is 13.0. The van der Waals surface area contributed by atoms with Crippen molar-refractivity contribution in [2.45, 2.75) is 33.9 Å². The van der Waals surface area contributed by atoms with Crippen LogP contribution in [0, 0.1) is 30.9 Å². The Hall–Kier alpha value is -4.46. The van der Waals surface area contributed by atoms with Gasteiger partial charge in [0.1, 0.15) is 12.4 Å². The van der Waals surface area contributed by atoms with Crippen LogP contribution in [0.2, 0.25) is 0 Å². The Morgan fingerprint density at radius 1 is 1.00 bits per heavy atom. The molecule has 0 atom stereocenters. The normalized spacial score (nSPS) is 10.7. The number of ether oxygens (including phenoxy) is 1. The summed E-state index contributed by atoms with van der Waals surface area (Å²) in [5, 5.41) is 18.4. The van der Waals surface area contributed by atoms with E-state index in [4.69, 9.17) is 4.74 Å². The van der Waals surface area contributed by atoms with E-state index in [1.54, 1.807) is 30.3 Å². The molecule has 0 bridgehead atoms. The SMILES string of the molecule is Cc1cccc(Cn2nc(C)c(NC(=O)c3cccc(COc4ccc([N+](=O)[O-])cc4)c3)c2C)c1. The van der Waals surface area contributed by atoms with Crippen LogP contribution >= 0.6 is 0 Å². The van der Waals surface area contributed by atoms with E-state index >= 15 is 0 Å². The lowest BCUT2D eigenvalue weighted by Gasteiger charge is -2.10. The first-order valence-electron chi connectivity index (χ1n) is 11.2. The zero-order valence-corrected chi connectivity index (χ0v) is 19.8. The van der Waals surface area contributed by atoms with Gasteiger partial charge in [-0.3, -0.25) is 19.6 Å². The van der Waals surface area contributed by atoms with Gasteiger partial charge in [0.2, 0.25) is 0 Å². The van der Waals surface area contributed by atoms with Crippen LogP contribution in [0.4, 0.5) is 11.4 Å². The number of hydrogen-bond acceptors (Lipinski definition) is 5. The highest BCUT2D eigenvalue weighted by molar-refractivity contribution is 6.05. The second-order valence-corrected chi connectivity index (χ2v) is 8.39. The van der Waals surface area contributed by atoms with E-state index in [2.05, 4.69) is 35.5 Å². The van der Waals surface area contributed by atoms with Gasteiger partial charge in [-0.2, -0.15) is 5.10 Å². The molecular formula is C27H26N4O4. The topological polar surface area (TPSA) is 99.3 Å². The van der Waals surface area contributed by atoms with Crippen molar-refractivity contribution < 1.29 is 14.5 Å². The van der Waals surface area contributed by atoms with Crippen molar-refractivity contribution in [3.8, 4) is 5.75 Å². The van der Waals surface area contributed by atoms with Crippen molar-refractivity contribution in [2.24, 2.45) is 0 Å². The summed E-state index contributed by atoms with van der Waals surface area (Å²) in [6, 6.07) is 21.3. The van der Waals surface area contributed by atoms with Crippen molar-refractivity contribution >= 4 is 17.3 Å². The van der Waals surface area contributed by atoms with E-state index in [9.17, 15) is 14.9 Å². The van der Waals surface area contributed by atoms with Gasteiger partial charge < -0.3 is 10.1 Å². The van der Waals surface area contributed by atoms with E-state index in [-0.39, 0.29) is 18.2 Å². The molecule has 0 spiro atoms. The first kappa shape index (κ1) is 23.7. The highest BCUT2D eigenvalue weighted by Gasteiger charge is 2.16. The summed E-state index contributed by atoms with van der Waals surface area (Å²) in [6.07, 6.45) is 0. The molecule has 178 valence electrons. The number of nitrogens with one attached hydrogen (secondary N) is 1. The maximum Gasteiger partial charge on any atom is 0.269 e. The fraction of sp³-hybridized carbons (Fsp3) is 0.185. The highest BCUT2D eigenvalue weighted by atomic mass is 16.6. The molecular weight excluding hydrogens is 444 g/mol. The van der Waals surface area contributed by atoms with Gasteiger partial charge in [-0.15, -0.1) is 0 Å². The van der Waals surface area contributed by atoms with Gasteiger partial charge in [0.15, 0.2) is 0 Å². The number of carbonyl (C=O) groups is 1. The summed E-state index contributed by atoms with van der Waals surface area (Å²) in [5.41, 5.74) is 5.99. The standard InChI is InChI=1S/C27H26N4O4/c1-18-6-4-7-21(14-18)16-30-20(3)26(19(2)29-30)28-27(32)23-9-5-8-22(15-23)17-35-25-12-10-24(11-13-25)31(33)34/h4-15H,16-17H2,1-3H3,(H,28,32). The minimum Gasteiger partial charge on any atom is -0.489 e. The summed E-state index contributed by atoms with van der Waals surface area (Å²) in [4.78, 5) is 23.3. The molecule has 0 saturated carbocycles. The van der Waals surface area contributed by atoms with Crippen LogP contribution in [0.15, 0.2) is 72.8 Å². The molecule has 0 fully saturated rings. The number of aryl methyl sites for hydroxylation is 2. The molecule has 0 aliphatic heterocycles. The minimum absolute atomic E-state index is 0.00353. The Balaban J connectivity index is 1.43. The number of amides is 1. The van der Waals surface area contributed by atoms with Crippen molar-refractivity contribution in [1.29, 1.82) is 0 Å². The maximum absolute atomic E-state index is 13.0. The number of rotatable bonds is 8. The molecule has 8 heteroatoms. The van der Waals surface area contributed by atoms with E-state index in [1.165, 1.54) is 17.7 Å². The van der Waals surface area contributed by atoms with Crippen LogP contribution in [-0.2, 0) is 13.2 Å². The van der Waals surface area contributed by atoms with Crippen LogP contribution < -0.4 is 10.1 Å². The molecule has 0 aliphatic carbocycles. The third kappa shape index (κ3) is 5.73. The minimum atomic E-state index is -0.457. The van der Waals surface area contributed by atoms with Gasteiger partial charge in [0.25, 0.3) is 11.6 Å². The summed E-state index contributed by atoms with van der Waals surface area (Å²) < 4.78 is 7.62. The van der Waals surface area contributed by atoms with Gasteiger partial charge in [0, 0.05) is 17.7 Å². The summed E-state index contributed by atoms with van der Waals surface area (Å²) >= 11 is 0. The van der Waals surface area contributed by atoms with Crippen molar-refractivity contribution in [1.82, 2.24) is 9.78 Å². The molecule has 1 N–H and O–H groups in total. The number of nitrogens with zero attached hydrogens (tertiary/aromatic N) is 3. The number of nitro benzene ring substituents is 1. The van der Waals surface area contributed by atoms with Crippen molar-refractivity contribution in [2.75, 3.05) is 5.32 Å². The van der Waals surface area contributed by atoms with E-state index in [0.29, 0.717) is 23.5 Å². The highest BCUT2D eigenvalue weighted by Crippen LogP contribution is 2.22. The quantitative estimate of drug-likeness (QED) is 0.267. The van der Waals surface area contributed by atoms with Crippen molar-refractivity contribution in [3.05, 3.63) is 117 Å². The average molecular weight is 471 g/mol. The Bertz CT molecular complexity index is 1380. The molecule has 4 rings (SSSR count).